The van der Waals surface area contributed by atoms with Crippen LogP contribution in [0.1, 0.15) is 17.5 Å². The lowest BCUT2D eigenvalue weighted by Gasteiger charge is -2.01. The molecule has 0 unspecified atom stereocenters. The molecule has 1 heteroatoms. The summed E-state index contributed by atoms with van der Waals surface area (Å²) in [5.74, 6) is 0. The molecule has 98 valence electrons. The molecule has 0 saturated heterocycles. The molecule has 0 spiro atoms. The van der Waals surface area contributed by atoms with Crippen molar-refractivity contribution in [2.45, 2.75) is 19.4 Å². The van der Waals surface area contributed by atoms with Crippen LogP contribution in [0, 0.1) is 0 Å². The Morgan fingerprint density at radius 3 is 2.05 bits per heavy atom. The molecule has 0 heterocycles. The molecule has 0 fully saturated rings. The topological polar surface area (TPSA) is 12.0 Å². The molecule has 1 N–H and O–H groups in total. The van der Waals surface area contributed by atoms with Crippen LogP contribution in [0.2, 0.25) is 0 Å². The maximum Gasteiger partial charge on any atom is 0.0208 e. The van der Waals surface area contributed by atoms with Gasteiger partial charge >= 0.3 is 0 Å². The Hall–Kier alpha value is -1.86. The van der Waals surface area contributed by atoms with E-state index in [-0.39, 0.29) is 0 Å². The molecule has 0 aliphatic heterocycles. The number of hydrogen-bond donors (Lipinski definition) is 1. The highest BCUT2D eigenvalue weighted by Gasteiger charge is 1.89. The van der Waals surface area contributed by atoms with Crippen LogP contribution in [0.3, 0.4) is 0 Å². The predicted octanol–water partition coefficient (Wildman–Crippen LogP) is 3.97. The second kappa shape index (κ2) is 8.28. The number of benzene rings is 2. The van der Waals surface area contributed by atoms with Crippen molar-refractivity contribution in [3.63, 3.8) is 0 Å². The van der Waals surface area contributed by atoms with Crippen LogP contribution in [0.4, 0.5) is 0 Å². The van der Waals surface area contributed by atoms with Crippen LogP contribution < -0.4 is 5.32 Å². The summed E-state index contributed by atoms with van der Waals surface area (Å²) in [4.78, 5) is 0. The van der Waals surface area contributed by atoms with Gasteiger partial charge in [-0.25, -0.2) is 0 Å². The first-order valence-corrected chi connectivity index (χ1v) is 6.89. The van der Waals surface area contributed by atoms with Crippen molar-refractivity contribution in [3.05, 3.63) is 83.9 Å². The van der Waals surface area contributed by atoms with Crippen molar-refractivity contribution in [2.24, 2.45) is 0 Å². The molecule has 19 heavy (non-hydrogen) atoms. The van der Waals surface area contributed by atoms with Gasteiger partial charge in [0.25, 0.3) is 0 Å². The van der Waals surface area contributed by atoms with E-state index in [1.807, 2.05) is 6.07 Å². The first-order chi connectivity index (χ1) is 9.45. The molecule has 2 aromatic carbocycles. The lowest BCUT2D eigenvalue weighted by atomic mass is 10.1. The van der Waals surface area contributed by atoms with E-state index in [1.54, 1.807) is 0 Å². The van der Waals surface area contributed by atoms with Crippen LogP contribution in [0.5, 0.6) is 0 Å². The molecule has 0 aromatic heterocycles. The van der Waals surface area contributed by atoms with Crippen LogP contribution in [0.15, 0.2) is 72.8 Å². The van der Waals surface area contributed by atoms with Crippen molar-refractivity contribution in [3.8, 4) is 0 Å². The van der Waals surface area contributed by atoms with Gasteiger partial charge < -0.3 is 5.32 Å². The van der Waals surface area contributed by atoms with Gasteiger partial charge in [-0.1, -0.05) is 72.8 Å². The molecule has 0 aliphatic rings. The zero-order valence-corrected chi connectivity index (χ0v) is 11.3. The van der Waals surface area contributed by atoms with Crippen molar-refractivity contribution < 1.29 is 0 Å². The minimum Gasteiger partial charge on any atom is -0.309 e. The van der Waals surface area contributed by atoms with Gasteiger partial charge in [0.05, 0.1) is 0 Å². The van der Waals surface area contributed by atoms with E-state index in [4.69, 9.17) is 0 Å². The van der Waals surface area contributed by atoms with Crippen molar-refractivity contribution in [1.82, 2.24) is 5.32 Å². The maximum atomic E-state index is 3.41. The van der Waals surface area contributed by atoms with E-state index in [9.17, 15) is 0 Å². The number of hydrogen-bond acceptors (Lipinski definition) is 1. The fraction of sp³-hybridized carbons (Fsp3) is 0.222. The summed E-state index contributed by atoms with van der Waals surface area (Å²) in [6.45, 7) is 1.87. The minimum absolute atomic E-state index is 0.934. The smallest absolute Gasteiger partial charge is 0.0208 e. The summed E-state index contributed by atoms with van der Waals surface area (Å²) in [6.07, 6.45) is 6.70. The van der Waals surface area contributed by atoms with Gasteiger partial charge in [-0.2, -0.15) is 0 Å². The number of aryl methyl sites for hydroxylation is 1. The van der Waals surface area contributed by atoms with Crippen molar-refractivity contribution in [2.75, 3.05) is 6.54 Å². The zero-order chi connectivity index (χ0) is 13.2. The van der Waals surface area contributed by atoms with Crippen LogP contribution >= 0.6 is 0 Å². The standard InChI is InChI=1S/C18H21N/c1-4-10-17(11-5-1)12-8-3-9-15-19-16-18-13-6-2-7-14-18/h1-7,9-11,13-14,19H,8,12,15-16H2/b9-3+. The molecule has 0 aliphatic carbocycles. The Labute approximate surface area is 116 Å². The van der Waals surface area contributed by atoms with Gasteiger partial charge in [0, 0.05) is 13.1 Å². The highest BCUT2D eigenvalue weighted by Crippen LogP contribution is 2.02. The summed E-state index contributed by atoms with van der Waals surface area (Å²) in [6, 6.07) is 21.1. The number of nitrogens with one attached hydrogen (secondary N) is 1. The normalized spacial score (nSPS) is 10.9. The highest BCUT2D eigenvalue weighted by molar-refractivity contribution is 5.15. The van der Waals surface area contributed by atoms with Gasteiger partial charge in [0.1, 0.15) is 0 Å². The number of rotatable bonds is 7. The second-order valence-electron chi connectivity index (χ2n) is 4.61. The predicted molar refractivity (Wildman–Crippen MR) is 82.1 cm³/mol. The fourth-order valence-electron chi connectivity index (χ4n) is 1.99. The molecule has 0 radical (unpaired) electrons. The van der Waals surface area contributed by atoms with Crippen molar-refractivity contribution >= 4 is 0 Å². The molecule has 0 amide bonds. The molecular weight excluding hydrogens is 230 g/mol. The van der Waals surface area contributed by atoms with Crippen LogP contribution in [-0.2, 0) is 13.0 Å². The Bertz CT molecular complexity index is 474. The monoisotopic (exact) mass is 251 g/mol. The van der Waals surface area contributed by atoms with Crippen molar-refractivity contribution in [1.29, 1.82) is 0 Å². The summed E-state index contributed by atoms with van der Waals surface area (Å²) in [7, 11) is 0. The molecule has 1 nitrogen and oxygen atoms in total. The van der Waals surface area contributed by atoms with E-state index in [2.05, 4.69) is 72.1 Å². The minimum atomic E-state index is 0.934. The average Bonchev–Trinajstić information content (AvgIpc) is 2.48. The summed E-state index contributed by atoms with van der Waals surface area (Å²) in [5.41, 5.74) is 2.74. The molecule has 0 saturated carbocycles. The maximum absolute atomic E-state index is 3.41. The van der Waals surface area contributed by atoms with Gasteiger partial charge in [-0.15, -0.1) is 0 Å². The van der Waals surface area contributed by atoms with E-state index >= 15 is 0 Å². The number of allylic oxidation sites excluding steroid dienone is 1. The average molecular weight is 251 g/mol. The quantitative estimate of drug-likeness (QED) is 0.580. The summed E-state index contributed by atoms with van der Waals surface area (Å²) < 4.78 is 0. The first kappa shape index (κ1) is 13.6. The Kier molecular flexibility index (Phi) is 5.91. The highest BCUT2D eigenvalue weighted by atomic mass is 14.8. The lowest BCUT2D eigenvalue weighted by Crippen LogP contribution is -2.12. The molecule has 2 rings (SSSR count). The van der Waals surface area contributed by atoms with E-state index in [0.717, 1.165) is 25.9 Å². The van der Waals surface area contributed by atoms with Gasteiger partial charge in [-0.05, 0) is 24.0 Å². The van der Waals surface area contributed by atoms with Gasteiger partial charge in [-0.3, -0.25) is 0 Å². The van der Waals surface area contributed by atoms with E-state index in [1.165, 1.54) is 11.1 Å². The Morgan fingerprint density at radius 1 is 0.737 bits per heavy atom. The summed E-state index contributed by atoms with van der Waals surface area (Å²) in [5, 5.41) is 3.41. The lowest BCUT2D eigenvalue weighted by molar-refractivity contribution is 0.757. The summed E-state index contributed by atoms with van der Waals surface area (Å²) >= 11 is 0. The SMILES string of the molecule is C(=C\CNCc1ccccc1)/CCc1ccccc1. The Balaban J connectivity index is 1.57. The van der Waals surface area contributed by atoms with Crippen LogP contribution in [0.25, 0.3) is 0 Å². The molecule has 0 bridgehead atoms. The third-order valence-electron chi connectivity index (χ3n) is 3.04. The molecule has 2 aromatic rings. The van der Waals surface area contributed by atoms with E-state index in [0.29, 0.717) is 0 Å². The molecule has 0 atom stereocenters. The van der Waals surface area contributed by atoms with E-state index < -0.39 is 0 Å². The third kappa shape index (κ3) is 5.54. The first-order valence-electron chi connectivity index (χ1n) is 6.89. The zero-order valence-electron chi connectivity index (χ0n) is 11.3. The third-order valence-corrected chi connectivity index (χ3v) is 3.04. The van der Waals surface area contributed by atoms with Gasteiger partial charge in [0.15, 0.2) is 0 Å². The molecular formula is C18H21N. The Morgan fingerprint density at radius 2 is 1.37 bits per heavy atom. The largest absolute Gasteiger partial charge is 0.309 e. The second-order valence-corrected chi connectivity index (χ2v) is 4.61. The van der Waals surface area contributed by atoms with Gasteiger partial charge in [0.2, 0.25) is 0 Å². The fourth-order valence-corrected chi connectivity index (χ4v) is 1.99. The van der Waals surface area contributed by atoms with Crippen LogP contribution in [-0.4, -0.2) is 6.54 Å².